The molecule has 0 amide bonds. The van der Waals surface area contributed by atoms with E-state index in [2.05, 4.69) is 41.7 Å². The fraction of sp³-hybridized carbons (Fsp3) is 0.583. The summed E-state index contributed by atoms with van der Waals surface area (Å²) in [6.45, 7) is 9.12. The highest BCUT2D eigenvalue weighted by Gasteiger charge is 2.13. The van der Waals surface area contributed by atoms with Gasteiger partial charge in [-0.05, 0) is 33.3 Å². The van der Waals surface area contributed by atoms with E-state index in [1.165, 1.54) is 0 Å². The van der Waals surface area contributed by atoms with E-state index in [1.54, 1.807) is 6.07 Å². The van der Waals surface area contributed by atoms with Gasteiger partial charge in [0.15, 0.2) is 0 Å². The van der Waals surface area contributed by atoms with Crippen molar-refractivity contribution < 1.29 is 0 Å². The molecule has 4 nitrogen and oxygen atoms in total. The normalized spacial score (nSPS) is 10.2. The molecule has 0 N–H and O–H groups in total. The summed E-state index contributed by atoms with van der Waals surface area (Å²) in [4.78, 5) is 10.8. The molecular weight excluding hydrogens is 200 g/mol. The van der Waals surface area contributed by atoms with Gasteiger partial charge in [-0.2, -0.15) is 5.26 Å². The Morgan fingerprint density at radius 1 is 1.44 bits per heavy atom. The fourth-order valence-electron chi connectivity index (χ4n) is 1.57. The minimum absolute atomic E-state index is 0.341. The Balaban J connectivity index is 3.09. The number of nitrogens with zero attached hydrogens (tertiary/aromatic N) is 4. The van der Waals surface area contributed by atoms with Crippen LogP contribution in [0.3, 0.4) is 0 Å². The van der Waals surface area contributed by atoms with Crippen molar-refractivity contribution in [1.82, 2.24) is 9.97 Å². The third kappa shape index (κ3) is 2.93. The number of hydrogen-bond acceptors (Lipinski definition) is 4. The Hall–Kier alpha value is -1.63. The van der Waals surface area contributed by atoms with Crippen molar-refractivity contribution in [2.24, 2.45) is 0 Å². The van der Waals surface area contributed by atoms with Gasteiger partial charge in [-0.25, -0.2) is 9.97 Å². The minimum atomic E-state index is 0.341. The maximum absolute atomic E-state index is 8.88. The number of aryl methyl sites for hydroxylation is 1. The van der Waals surface area contributed by atoms with Gasteiger partial charge in [-0.1, -0.05) is 6.92 Å². The molecule has 0 atom stereocenters. The van der Waals surface area contributed by atoms with Crippen molar-refractivity contribution in [2.45, 2.75) is 40.2 Å². The number of rotatable bonds is 4. The zero-order valence-electron chi connectivity index (χ0n) is 10.4. The molecule has 0 saturated heterocycles. The van der Waals surface area contributed by atoms with Crippen LogP contribution in [0.2, 0.25) is 0 Å². The van der Waals surface area contributed by atoms with Crippen LogP contribution in [0.1, 0.15) is 38.6 Å². The molecule has 0 aliphatic rings. The molecule has 0 aromatic carbocycles. The standard InChI is InChI=1S/C12H18N4/c1-5-6-16(9(2)3)12-14-10(4)7-11(8-13)15-12/h7,9H,5-6H2,1-4H3. The average Bonchev–Trinajstić information content (AvgIpc) is 2.24. The second-order valence-corrected chi connectivity index (χ2v) is 4.09. The molecule has 0 unspecified atom stereocenters. The molecule has 0 aliphatic carbocycles. The predicted molar refractivity (Wildman–Crippen MR) is 64.3 cm³/mol. The fourth-order valence-corrected chi connectivity index (χ4v) is 1.57. The maximum atomic E-state index is 8.88. The molecule has 0 aliphatic heterocycles. The summed E-state index contributed by atoms with van der Waals surface area (Å²) in [5.41, 5.74) is 1.27. The van der Waals surface area contributed by atoms with Gasteiger partial charge in [0.1, 0.15) is 11.8 Å². The Labute approximate surface area is 96.9 Å². The number of nitriles is 1. The molecule has 0 saturated carbocycles. The van der Waals surface area contributed by atoms with Crippen molar-refractivity contribution in [3.8, 4) is 6.07 Å². The van der Waals surface area contributed by atoms with Gasteiger partial charge < -0.3 is 4.90 Å². The van der Waals surface area contributed by atoms with Gasteiger partial charge in [-0.3, -0.25) is 0 Å². The van der Waals surface area contributed by atoms with Gasteiger partial charge >= 0.3 is 0 Å². The summed E-state index contributed by atoms with van der Waals surface area (Å²) < 4.78 is 0. The molecule has 0 fully saturated rings. The molecule has 0 spiro atoms. The molecule has 1 rings (SSSR count). The van der Waals surface area contributed by atoms with Crippen molar-refractivity contribution in [3.05, 3.63) is 17.5 Å². The van der Waals surface area contributed by atoms with Crippen molar-refractivity contribution in [3.63, 3.8) is 0 Å². The van der Waals surface area contributed by atoms with E-state index < -0.39 is 0 Å². The van der Waals surface area contributed by atoms with E-state index in [0.717, 1.165) is 18.7 Å². The Kier molecular flexibility index (Phi) is 4.24. The largest absolute Gasteiger partial charge is 0.338 e. The molecule has 1 heterocycles. The second-order valence-electron chi connectivity index (χ2n) is 4.09. The maximum Gasteiger partial charge on any atom is 0.227 e. The predicted octanol–water partition coefficient (Wildman–Crippen LogP) is 2.28. The van der Waals surface area contributed by atoms with Crippen LogP contribution in [0.5, 0.6) is 0 Å². The molecular formula is C12H18N4. The van der Waals surface area contributed by atoms with Gasteiger partial charge in [0.05, 0.1) is 0 Å². The van der Waals surface area contributed by atoms with E-state index in [9.17, 15) is 0 Å². The SMILES string of the molecule is CCCN(c1nc(C)cc(C#N)n1)C(C)C. The van der Waals surface area contributed by atoms with Gasteiger partial charge in [0.2, 0.25) is 5.95 Å². The first kappa shape index (κ1) is 12.4. The lowest BCUT2D eigenvalue weighted by Crippen LogP contribution is -2.33. The van der Waals surface area contributed by atoms with E-state index in [4.69, 9.17) is 5.26 Å². The van der Waals surface area contributed by atoms with E-state index in [0.29, 0.717) is 17.7 Å². The Morgan fingerprint density at radius 3 is 2.62 bits per heavy atom. The van der Waals surface area contributed by atoms with Crippen molar-refractivity contribution in [2.75, 3.05) is 11.4 Å². The quantitative estimate of drug-likeness (QED) is 0.778. The zero-order valence-corrected chi connectivity index (χ0v) is 10.4. The van der Waals surface area contributed by atoms with E-state index in [-0.39, 0.29) is 0 Å². The number of aromatic nitrogens is 2. The monoisotopic (exact) mass is 218 g/mol. The van der Waals surface area contributed by atoms with Crippen LogP contribution in [-0.2, 0) is 0 Å². The highest BCUT2D eigenvalue weighted by atomic mass is 15.3. The highest BCUT2D eigenvalue weighted by Crippen LogP contribution is 2.13. The summed E-state index contributed by atoms with van der Waals surface area (Å²) in [6.07, 6.45) is 1.04. The Morgan fingerprint density at radius 2 is 2.12 bits per heavy atom. The summed E-state index contributed by atoms with van der Waals surface area (Å²) in [5, 5.41) is 8.88. The topological polar surface area (TPSA) is 52.8 Å². The molecule has 4 heteroatoms. The lowest BCUT2D eigenvalue weighted by atomic mass is 10.3. The van der Waals surface area contributed by atoms with Crippen molar-refractivity contribution >= 4 is 5.95 Å². The van der Waals surface area contributed by atoms with E-state index >= 15 is 0 Å². The van der Waals surface area contributed by atoms with Crippen LogP contribution < -0.4 is 4.90 Å². The Bertz CT molecular complexity index is 392. The second kappa shape index (κ2) is 5.45. The smallest absolute Gasteiger partial charge is 0.227 e. The molecule has 16 heavy (non-hydrogen) atoms. The third-order valence-electron chi connectivity index (χ3n) is 2.30. The van der Waals surface area contributed by atoms with Crippen LogP contribution in [-0.4, -0.2) is 22.6 Å². The third-order valence-corrected chi connectivity index (χ3v) is 2.30. The molecule has 0 radical (unpaired) electrons. The van der Waals surface area contributed by atoms with Gasteiger partial charge in [0, 0.05) is 18.3 Å². The summed E-state index contributed by atoms with van der Waals surface area (Å²) in [7, 11) is 0. The summed E-state index contributed by atoms with van der Waals surface area (Å²) >= 11 is 0. The van der Waals surface area contributed by atoms with Crippen LogP contribution in [0.25, 0.3) is 0 Å². The van der Waals surface area contributed by atoms with Crippen LogP contribution in [0.4, 0.5) is 5.95 Å². The molecule has 1 aromatic heterocycles. The van der Waals surface area contributed by atoms with Gasteiger partial charge in [0.25, 0.3) is 0 Å². The molecule has 0 bridgehead atoms. The highest BCUT2D eigenvalue weighted by molar-refractivity contribution is 5.36. The van der Waals surface area contributed by atoms with Crippen LogP contribution in [0, 0.1) is 18.3 Å². The van der Waals surface area contributed by atoms with Gasteiger partial charge in [-0.15, -0.1) is 0 Å². The first-order valence-corrected chi connectivity index (χ1v) is 5.61. The minimum Gasteiger partial charge on any atom is -0.338 e. The molecule has 1 aromatic rings. The number of anilines is 1. The van der Waals surface area contributed by atoms with E-state index in [1.807, 2.05) is 6.92 Å². The lowest BCUT2D eigenvalue weighted by molar-refractivity contribution is 0.649. The van der Waals surface area contributed by atoms with Crippen molar-refractivity contribution in [1.29, 1.82) is 5.26 Å². The number of hydrogen-bond donors (Lipinski definition) is 0. The summed E-state index contributed by atoms with van der Waals surface area (Å²) in [6, 6.07) is 4.11. The van der Waals surface area contributed by atoms with Crippen LogP contribution >= 0.6 is 0 Å². The first-order chi connectivity index (χ1) is 7.58. The van der Waals surface area contributed by atoms with Crippen LogP contribution in [0.15, 0.2) is 6.07 Å². The average molecular weight is 218 g/mol. The lowest BCUT2D eigenvalue weighted by Gasteiger charge is -2.26. The summed E-state index contributed by atoms with van der Waals surface area (Å²) in [5.74, 6) is 0.661. The zero-order chi connectivity index (χ0) is 12.1. The first-order valence-electron chi connectivity index (χ1n) is 5.61. The molecule has 86 valence electrons.